The van der Waals surface area contributed by atoms with Crippen LogP contribution < -0.4 is 21.6 Å². The number of nitrogens with one attached hydrogen (secondary N) is 3. The van der Waals surface area contributed by atoms with Crippen molar-refractivity contribution < 1.29 is 37.1 Å². The van der Waals surface area contributed by atoms with Gasteiger partial charge in [-0.1, -0.05) is 6.07 Å². The number of anilines is 2. The second-order valence-electron chi connectivity index (χ2n) is 17.1. The molecule has 3 aliphatic rings. The zero-order valence-electron chi connectivity index (χ0n) is 36.4. The fourth-order valence-electron chi connectivity index (χ4n) is 8.47. The third kappa shape index (κ3) is 9.64. The van der Waals surface area contributed by atoms with E-state index in [0.717, 1.165) is 49.8 Å². The Morgan fingerprint density at radius 3 is 2.62 bits per heavy atom. The number of nitrogens with zero attached hydrogens (tertiary/aromatic N) is 8. The molecule has 2 aliphatic heterocycles. The number of alkyl halides is 2. The maximum absolute atomic E-state index is 14.2. The van der Waals surface area contributed by atoms with E-state index in [0.29, 0.717) is 53.8 Å². The van der Waals surface area contributed by atoms with Crippen LogP contribution in [-0.4, -0.2) is 115 Å². The first-order valence-corrected chi connectivity index (χ1v) is 22.0. The molecule has 0 spiro atoms. The van der Waals surface area contributed by atoms with E-state index < -0.39 is 30.0 Å². The van der Waals surface area contributed by atoms with Crippen molar-refractivity contribution in [3.8, 4) is 17.1 Å². The highest BCUT2D eigenvalue weighted by Gasteiger charge is 2.32. The maximum Gasteiger partial charge on any atom is 0.329 e. The van der Waals surface area contributed by atoms with Gasteiger partial charge in [0.15, 0.2) is 11.4 Å². The average molecular weight is 906 g/mol. The number of pyridine rings is 1. The summed E-state index contributed by atoms with van der Waals surface area (Å²) in [6.07, 6.45) is 5.27. The predicted molar refractivity (Wildman–Crippen MR) is 237 cm³/mol. The first-order chi connectivity index (χ1) is 31.9. The highest BCUT2D eigenvalue weighted by molar-refractivity contribution is 6.03. The molecule has 2 saturated heterocycles. The van der Waals surface area contributed by atoms with Crippen LogP contribution in [0.2, 0.25) is 0 Å². The van der Waals surface area contributed by atoms with Gasteiger partial charge in [0.25, 0.3) is 18.2 Å². The number of piperidine rings is 1. The van der Waals surface area contributed by atoms with Crippen LogP contribution in [0, 0.1) is 5.92 Å². The van der Waals surface area contributed by atoms with E-state index in [1.54, 1.807) is 61.6 Å². The van der Waals surface area contributed by atoms with Gasteiger partial charge in [-0.25, -0.2) is 28.2 Å². The Balaban J connectivity index is 0.769. The monoisotopic (exact) mass is 905 g/mol. The number of halogens is 2. The fraction of sp³-hybridized carbons (Fsp3) is 0.391. The summed E-state index contributed by atoms with van der Waals surface area (Å²) < 4.78 is 44.2. The van der Waals surface area contributed by atoms with Crippen LogP contribution in [-0.2, 0) is 27.8 Å². The molecule has 1 aliphatic carbocycles. The molecule has 3 fully saturated rings. The minimum atomic E-state index is -3.00. The molecule has 66 heavy (non-hydrogen) atoms. The highest BCUT2D eigenvalue weighted by atomic mass is 19.3. The molecule has 1 unspecified atom stereocenters. The van der Waals surface area contributed by atoms with Crippen LogP contribution in [0.15, 0.2) is 82.5 Å². The number of imidazole rings is 1. The number of rotatable bonds is 16. The third-order valence-corrected chi connectivity index (χ3v) is 12.3. The van der Waals surface area contributed by atoms with Crippen molar-refractivity contribution in [1.82, 2.24) is 44.0 Å². The zero-order chi connectivity index (χ0) is 46.1. The number of morpholine rings is 1. The van der Waals surface area contributed by atoms with Crippen molar-refractivity contribution in [3.63, 3.8) is 0 Å². The number of aryl methyl sites for hydroxylation is 2. The lowest BCUT2D eigenvalue weighted by atomic mass is 10.0. The van der Waals surface area contributed by atoms with Gasteiger partial charge in [-0.3, -0.25) is 38.5 Å². The number of imide groups is 1. The van der Waals surface area contributed by atoms with E-state index in [1.165, 1.54) is 32.9 Å². The van der Waals surface area contributed by atoms with Gasteiger partial charge in [0.1, 0.15) is 18.1 Å². The van der Waals surface area contributed by atoms with Crippen LogP contribution in [0.3, 0.4) is 0 Å². The fourth-order valence-corrected chi connectivity index (χ4v) is 8.47. The molecule has 4 amide bonds. The standard InChI is InChI=1S/C46H49F2N11O7/c1-55(23-32-24-57(18-19-65-32)17-3-4-27-7-12-35-37(20-27)56(2)46(64)59(35)36-13-14-39(60)53-43(36)62)45(63)29-8-10-31(11-9-29)58-25-33(40(54-58)41(47)48)51-42(61)34-26-66-44(52-34)30-15-16-49-38(21-30)50-22-28-5-6-28/h7-12,15-16,20-21,25-26,28,32,36,41H,3-6,13-14,17-19,22-24H2,1-2H3,(H,49,50)(H,51,61)(H,53,60,62)/t32-,36?/m0/s1. The normalized spacial score (nSPS) is 17.9. The van der Waals surface area contributed by atoms with Gasteiger partial charge in [0.2, 0.25) is 17.7 Å². The molecule has 4 aromatic heterocycles. The lowest BCUT2D eigenvalue weighted by Gasteiger charge is -2.34. The van der Waals surface area contributed by atoms with E-state index in [-0.39, 0.29) is 53.7 Å². The van der Waals surface area contributed by atoms with Crippen molar-refractivity contribution in [3.05, 3.63) is 106 Å². The topological polar surface area (TPSA) is 204 Å². The number of likely N-dealkylation sites (N-methyl/N-ethyl adjacent to an activating group) is 1. The minimum Gasteiger partial charge on any atom is -0.444 e. The molecule has 0 radical (unpaired) electrons. The van der Waals surface area contributed by atoms with E-state index >= 15 is 0 Å². The van der Waals surface area contributed by atoms with Crippen LogP contribution in [0.25, 0.3) is 28.2 Å². The Hall–Kier alpha value is -7.06. The quantitative estimate of drug-likeness (QED) is 0.110. The van der Waals surface area contributed by atoms with E-state index in [2.05, 4.69) is 35.9 Å². The smallest absolute Gasteiger partial charge is 0.329 e. The Morgan fingerprint density at radius 1 is 1.03 bits per heavy atom. The molecule has 2 atom stereocenters. The summed E-state index contributed by atoms with van der Waals surface area (Å²) in [6.45, 7) is 3.85. The molecular weight excluding hydrogens is 857 g/mol. The number of hydrogen-bond acceptors (Lipinski definition) is 12. The van der Waals surface area contributed by atoms with Crippen LogP contribution in [0.5, 0.6) is 0 Å². The molecule has 20 heteroatoms. The Bertz CT molecular complexity index is 2850. The van der Waals surface area contributed by atoms with Crippen molar-refractivity contribution in [2.45, 2.75) is 57.1 Å². The largest absolute Gasteiger partial charge is 0.444 e. The molecule has 1 saturated carbocycles. The van der Waals surface area contributed by atoms with Gasteiger partial charge in [-0.05, 0) is 98.7 Å². The van der Waals surface area contributed by atoms with Gasteiger partial charge in [0, 0.05) is 64.0 Å². The van der Waals surface area contributed by atoms with Gasteiger partial charge < -0.3 is 24.7 Å². The first kappa shape index (κ1) is 44.2. The third-order valence-electron chi connectivity index (χ3n) is 12.3. The van der Waals surface area contributed by atoms with Gasteiger partial charge >= 0.3 is 5.69 Å². The molecule has 0 bridgehead atoms. The number of benzene rings is 2. The summed E-state index contributed by atoms with van der Waals surface area (Å²) in [5.41, 5.74) is 2.55. The summed E-state index contributed by atoms with van der Waals surface area (Å²) in [6, 6.07) is 14.9. The summed E-state index contributed by atoms with van der Waals surface area (Å²) >= 11 is 0. The van der Waals surface area contributed by atoms with E-state index in [1.807, 2.05) is 18.2 Å². The summed E-state index contributed by atoms with van der Waals surface area (Å²) in [5, 5.41) is 12.1. The number of ether oxygens (including phenoxy) is 1. The van der Waals surface area contributed by atoms with Crippen LogP contribution in [0.4, 0.5) is 20.3 Å². The minimum absolute atomic E-state index is 0.107. The molecule has 18 nitrogen and oxygen atoms in total. The van der Waals surface area contributed by atoms with Crippen LogP contribution >= 0.6 is 0 Å². The molecule has 3 N–H and O–H groups in total. The number of carbonyl (C=O) groups is 4. The number of aromatic nitrogens is 6. The number of hydrogen-bond donors (Lipinski definition) is 3. The maximum atomic E-state index is 14.2. The van der Waals surface area contributed by atoms with E-state index in [9.17, 15) is 32.8 Å². The van der Waals surface area contributed by atoms with Crippen molar-refractivity contribution in [2.24, 2.45) is 13.0 Å². The lowest BCUT2D eigenvalue weighted by Crippen LogP contribution is -2.48. The molecule has 2 aromatic carbocycles. The SMILES string of the molecule is CN(C[C@H]1CN(CCCc2ccc3c(c2)n(C)c(=O)n3C2CCC(=O)NC2=O)CCO1)C(=O)c1ccc(-n2cc(NC(=O)c3coc(-c4ccnc(NCC5CC5)c4)n3)c(C(F)F)n2)cc1. The first-order valence-electron chi connectivity index (χ1n) is 22.0. The summed E-state index contributed by atoms with van der Waals surface area (Å²) in [4.78, 5) is 76.6. The number of amides is 4. The predicted octanol–water partition coefficient (Wildman–Crippen LogP) is 4.97. The Kier molecular flexibility index (Phi) is 12.6. The average Bonchev–Trinajstić information content (AvgIpc) is 3.73. The highest BCUT2D eigenvalue weighted by Crippen LogP contribution is 2.31. The molecule has 344 valence electrons. The number of oxazole rings is 1. The second kappa shape index (κ2) is 18.8. The van der Waals surface area contributed by atoms with Crippen molar-refractivity contribution in [2.75, 3.05) is 57.0 Å². The van der Waals surface area contributed by atoms with E-state index in [4.69, 9.17) is 9.15 Å². The van der Waals surface area contributed by atoms with Gasteiger partial charge in [0.05, 0.1) is 41.3 Å². The summed E-state index contributed by atoms with van der Waals surface area (Å²) in [7, 11) is 3.38. The molecule has 6 aromatic rings. The lowest BCUT2D eigenvalue weighted by molar-refractivity contribution is -0.135. The molecule has 6 heterocycles. The Labute approximate surface area is 376 Å². The van der Waals surface area contributed by atoms with Gasteiger partial charge in [-0.2, -0.15) is 5.10 Å². The number of fused-ring (bicyclic) bond motifs is 1. The Morgan fingerprint density at radius 2 is 1.85 bits per heavy atom. The van der Waals surface area contributed by atoms with Gasteiger partial charge in [-0.15, -0.1) is 0 Å². The second-order valence-corrected chi connectivity index (χ2v) is 17.1. The molecular formula is C46H49F2N11O7. The zero-order valence-corrected chi connectivity index (χ0v) is 36.4. The van der Waals surface area contributed by atoms with Crippen LogP contribution in [0.1, 0.15) is 76.7 Å². The number of carbonyl (C=O) groups excluding carboxylic acids is 4. The summed E-state index contributed by atoms with van der Waals surface area (Å²) in [5.74, 6) is -0.329. The van der Waals surface area contributed by atoms with Crippen molar-refractivity contribution in [1.29, 1.82) is 0 Å². The molecule has 9 rings (SSSR count). The van der Waals surface area contributed by atoms with Crippen molar-refractivity contribution >= 4 is 46.2 Å².